The molecule has 0 spiro atoms. The van der Waals surface area contributed by atoms with Crippen LogP contribution in [0.2, 0.25) is 0 Å². The van der Waals surface area contributed by atoms with Crippen LogP contribution in [0.3, 0.4) is 0 Å². The Morgan fingerprint density at radius 3 is 2.48 bits per heavy atom. The van der Waals surface area contributed by atoms with Crippen molar-refractivity contribution in [2.45, 2.75) is 25.2 Å². The van der Waals surface area contributed by atoms with E-state index in [-0.39, 0.29) is 10.6 Å². The molecule has 4 heteroatoms. The largest absolute Gasteiger partial charge is 0.508 e. The van der Waals surface area contributed by atoms with Gasteiger partial charge in [-0.05, 0) is 55.5 Å². The lowest BCUT2D eigenvalue weighted by atomic mass is 9.88. The SMILES string of the molecule is CC=CC(C)C1C=CC(S(=O)(=O)c2ccc(O)cc2)=CC1. The molecule has 2 rings (SSSR count). The van der Waals surface area contributed by atoms with Gasteiger partial charge in [-0.3, -0.25) is 0 Å². The van der Waals surface area contributed by atoms with E-state index in [2.05, 4.69) is 13.0 Å². The molecule has 0 aliphatic heterocycles. The van der Waals surface area contributed by atoms with Crippen molar-refractivity contribution in [2.75, 3.05) is 0 Å². The van der Waals surface area contributed by atoms with Crippen LogP contribution in [0.4, 0.5) is 0 Å². The van der Waals surface area contributed by atoms with Gasteiger partial charge in [0.15, 0.2) is 0 Å². The predicted octanol–water partition coefficient (Wildman–Crippen LogP) is 3.84. The van der Waals surface area contributed by atoms with Gasteiger partial charge in [0.2, 0.25) is 9.84 Å². The Morgan fingerprint density at radius 2 is 1.95 bits per heavy atom. The summed E-state index contributed by atoms with van der Waals surface area (Å²) >= 11 is 0. The third-order valence-corrected chi connectivity index (χ3v) is 5.54. The van der Waals surface area contributed by atoms with E-state index in [4.69, 9.17) is 0 Å². The fourth-order valence-electron chi connectivity index (χ4n) is 2.41. The molecule has 2 atom stereocenters. The molecule has 1 N–H and O–H groups in total. The molecule has 1 aromatic carbocycles. The summed E-state index contributed by atoms with van der Waals surface area (Å²) in [6.45, 7) is 4.11. The second-order valence-electron chi connectivity index (χ2n) is 5.25. The van der Waals surface area contributed by atoms with E-state index in [1.165, 1.54) is 24.3 Å². The van der Waals surface area contributed by atoms with Crippen LogP contribution in [-0.2, 0) is 9.84 Å². The number of aromatic hydroxyl groups is 1. The minimum absolute atomic E-state index is 0.0577. The number of hydrogen-bond donors (Lipinski definition) is 1. The summed E-state index contributed by atoms with van der Waals surface area (Å²) in [6, 6.07) is 5.62. The number of hydrogen-bond acceptors (Lipinski definition) is 3. The first kappa shape index (κ1) is 15.6. The molecule has 1 aromatic rings. The van der Waals surface area contributed by atoms with Gasteiger partial charge >= 0.3 is 0 Å². The van der Waals surface area contributed by atoms with Crippen LogP contribution in [0, 0.1) is 11.8 Å². The van der Waals surface area contributed by atoms with Gasteiger partial charge in [-0.15, -0.1) is 0 Å². The lowest BCUT2D eigenvalue weighted by molar-refractivity contribution is 0.475. The Hall–Kier alpha value is -1.81. The van der Waals surface area contributed by atoms with Crippen molar-refractivity contribution in [2.24, 2.45) is 11.8 Å². The van der Waals surface area contributed by atoms with E-state index in [9.17, 15) is 13.5 Å². The average Bonchev–Trinajstić information content (AvgIpc) is 2.48. The van der Waals surface area contributed by atoms with Crippen LogP contribution in [0.25, 0.3) is 0 Å². The Morgan fingerprint density at radius 1 is 1.29 bits per heavy atom. The minimum atomic E-state index is -3.50. The van der Waals surface area contributed by atoms with Gasteiger partial charge in [-0.25, -0.2) is 8.42 Å². The summed E-state index contributed by atoms with van der Waals surface area (Å²) in [4.78, 5) is 0.535. The summed E-state index contributed by atoms with van der Waals surface area (Å²) < 4.78 is 25.0. The van der Waals surface area contributed by atoms with Crippen molar-refractivity contribution in [3.63, 3.8) is 0 Å². The summed E-state index contributed by atoms with van der Waals surface area (Å²) in [5.41, 5.74) is 0. The monoisotopic (exact) mass is 304 g/mol. The molecule has 0 fully saturated rings. The summed E-state index contributed by atoms with van der Waals surface area (Å²) in [6.07, 6.45) is 10.3. The van der Waals surface area contributed by atoms with E-state index < -0.39 is 9.84 Å². The number of phenols is 1. The van der Waals surface area contributed by atoms with Crippen molar-refractivity contribution < 1.29 is 13.5 Å². The second kappa shape index (κ2) is 6.31. The molecule has 0 saturated carbocycles. The molecular formula is C17H20O3S. The molecule has 0 radical (unpaired) electrons. The standard InChI is InChI=1S/C17H20O3S/c1-3-4-13(2)14-5-9-16(10-6-14)21(19,20)17-11-7-15(18)8-12-17/h3-5,7-14,18H,6H2,1-2H3. The van der Waals surface area contributed by atoms with Gasteiger partial charge in [0.25, 0.3) is 0 Å². The maximum absolute atomic E-state index is 12.5. The van der Waals surface area contributed by atoms with Crippen molar-refractivity contribution >= 4 is 9.84 Å². The number of phenolic OH excluding ortho intramolecular Hbond substituents is 1. The van der Waals surface area contributed by atoms with Crippen LogP contribution >= 0.6 is 0 Å². The van der Waals surface area contributed by atoms with Gasteiger partial charge < -0.3 is 5.11 Å². The normalized spacial score (nSPS) is 20.5. The molecule has 3 nitrogen and oxygen atoms in total. The Labute approximate surface area is 126 Å². The van der Waals surface area contributed by atoms with Crippen LogP contribution < -0.4 is 0 Å². The molecule has 1 aliphatic rings. The van der Waals surface area contributed by atoms with Crippen LogP contribution in [0.1, 0.15) is 20.3 Å². The highest BCUT2D eigenvalue weighted by molar-refractivity contribution is 7.95. The van der Waals surface area contributed by atoms with E-state index in [0.717, 1.165) is 0 Å². The fourth-order valence-corrected chi connectivity index (χ4v) is 3.75. The first-order chi connectivity index (χ1) is 9.95. The van der Waals surface area contributed by atoms with Gasteiger partial charge in [0, 0.05) is 0 Å². The number of allylic oxidation sites excluding steroid dienone is 5. The zero-order valence-electron chi connectivity index (χ0n) is 12.2. The van der Waals surface area contributed by atoms with Crippen molar-refractivity contribution in [3.05, 3.63) is 59.6 Å². The highest BCUT2D eigenvalue weighted by Gasteiger charge is 2.22. The van der Waals surface area contributed by atoms with Gasteiger partial charge in [-0.1, -0.05) is 31.2 Å². The lowest BCUT2D eigenvalue weighted by Gasteiger charge is -2.20. The van der Waals surface area contributed by atoms with E-state index in [0.29, 0.717) is 23.2 Å². The minimum Gasteiger partial charge on any atom is -0.508 e. The van der Waals surface area contributed by atoms with Crippen molar-refractivity contribution in [3.8, 4) is 5.75 Å². The van der Waals surface area contributed by atoms with Crippen molar-refractivity contribution in [1.82, 2.24) is 0 Å². The van der Waals surface area contributed by atoms with Gasteiger partial charge in [0.05, 0.1) is 9.80 Å². The molecule has 0 heterocycles. The first-order valence-corrected chi connectivity index (χ1v) is 8.48. The fraction of sp³-hybridized carbons (Fsp3) is 0.294. The molecule has 0 amide bonds. The maximum Gasteiger partial charge on any atom is 0.206 e. The summed E-state index contributed by atoms with van der Waals surface area (Å²) in [7, 11) is -3.50. The van der Waals surface area contributed by atoms with Gasteiger partial charge in [0.1, 0.15) is 5.75 Å². The molecule has 0 saturated heterocycles. The zero-order chi connectivity index (χ0) is 15.5. The molecule has 0 aromatic heterocycles. The Bertz CT molecular complexity index is 679. The molecule has 112 valence electrons. The second-order valence-corrected chi connectivity index (χ2v) is 7.20. The molecule has 1 aliphatic carbocycles. The maximum atomic E-state index is 12.5. The Kier molecular flexibility index (Phi) is 4.68. The van der Waals surface area contributed by atoms with E-state index in [1.54, 1.807) is 12.2 Å². The zero-order valence-corrected chi connectivity index (χ0v) is 13.0. The topological polar surface area (TPSA) is 54.4 Å². The third kappa shape index (κ3) is 3.45. The van der Waals surface area contributed by atoms with Crippen LogP contribution in [-0.4, -0.2) is 13.5 Å². The summed E-state index contributed by atoms with van der Waals surface area (Å²) in [5.74, 6) is 0.780. The number of benzene rings is 1. The molecule has 2 unspecified atom stereocenters. The molecule has 0 bridgehead atoms. The molecular weight excluding hydrogens is 284 g/mol. The van der Waals surface area contributed by atoms with E-state index >= 15 is 0 Å². The van der Waals surface area contributed by atoms with Crippen LogP contribution in [0.15, 0.2) is 64.4 Å². The summed E-state index contributed by atoms with van der Waals surface area (Å²) in [5, 5.41) is 9.25. The van der Waals surface area contributed by atoms with Crippen LogP contribution in [0.5, 0.6) is 5.75 Å². The highest BCUT2D eigenvalue weighted by atomic mass is 32.2. The lowest BCUT2D eigenvalue weighted by Crippen LogP contribution is -2.12. The van der Waals surface area contributed by atoms with E-state index in [1.807, 2.05) is 19.1 Å². The average molecular weight is 304 g/mol. The van der Waals surface area contributed by atoms with Crippen molar-refractivity contribution in [1.29, 1.82) is 0 Å². The highest BCUT2D eigenvalue weighted by Crippen LogP contribution is 2.30. The first-order valence-electron chi connectivity index (χ1n) is 7.00. The molecule has 21 heavy (non-hydrogen) atoms. The third-order valence-electron chi connectivity index (χ3n) is 3.73. The Balaban J connectivity index is 2.21. The number of rotatable bonds is 4. The quantitative estimate of drug-likeness (QED) is 0.860. The predicted molar refractivity (Wildman–Crippen MR) is 84.6 cm³/mol. The van der Waals surface area contributed by atoms with Gasteiger partial charge in [-0.2, -0.15) is 0 Å². The number of sulfone groups is 1. The smallest absolute Gasteiger partial charge is 0.206 e.